The number of nitrogens with one attached hydrogen (secondary N) is 1. The summed E-state index contributed by atoms with van der Waals surface area (Å²) in [6.45, 7) is 9.70. The molecule has 0 aliphatic carbocycles. The lowest BCUT2D eigenvalue weighted by atomic mass is 9.92. The van der Waals surface area contributed by atoms with E-state index in [4.69, 9.17) is 4.98 Å². The topological polar surface area (TPSA) is 24.9 Å². The van der Waals surface area contributed by atoms with Gasteiger partial charge in [0.15, 0.2) is 5.13 Å². The molecule has 130 valence electrons. The minimum Gasteiger partial charge on any atom is -0.361 e. The highest BCUT2D eigenvalue weighted by atomic mass is 32.1. The monoisotopic (exact) mass is 350 g/mol. The van der Waals surface area contributed by atoms with Gasteiger partial charge in [-0.15, -0.1) is 11.3 Å². The maximum Gasteiger partial charge on any atom is 0.183 e. The van der Waals surface area contributed by atoms with Gasteiger partial charge in [0.2, 0.25) is 0 Å². The van der Waals surface area contributed by atoms with E-state index in [9.17, 15) is 0 Å². The number of rotatable bonds is 6. The zero-order valence-electron chi connectivity index (χ0n) is 15.5. The Hall–Kier alpha value is -2.13. The Labute approximate surface area is 155 Å². The normalized spacial score (nSPS) is 12.2. The molecule has 1 atom stereocenters. The van der Waals surface area contributed by atoms with E-state index in [0.29, 0.717) is 5.92 Å². The zero-order valence-corrected chi connectivity index (χ0v) is 16.3. The summed E-state index contributed by atoms with van der Waals surface area (Å²) in [5.74, 6) is 0.461. The van der Waals surface area contributed by atoms with Crippen LogP contribution in [0.4, 0.5) is 5.13 Å². The average molecular weight is 351 g/mol. The van der Waals surface area contributed by atoms with Gasteiger partial charge in [0.1, 0.15) is 0 Å². The molecule has 2 aromatic carbocycles. The smallest absolute Gasteiger partial charge is 0.183 e. The van der Waals surface area contributed by atoms with Crippen LogP contribution in [-0.4, -0.2) is 11.5 Å². The molecule has 3 rings (SSSR count). The largest absolute Gasteiger partial charge is 0.361 e. The van der Waals surface area contributed by atoms with E-state index in [1.807, 2.05) is 0 Å². The molecule has 0 fully saturated rings. The van der Waals surface area contributed by atoms with Gasteiger partial charge in [0, 0.05) is 17.8 Å². The molecular weight excluding hydrogens is 324 g/mol. The van der Waals surface area contributed by atoms with Crippen LogP contribution < -0.4 is 5.32 Å². The lowest BCUT2D eigenvalue weighted by Crippen LogP contribution is -2.12. The molecule has 25 heavy (non-hydrogen) atoms. The minimum atomic E-state index is 0.461. The van der Waals surface area contributed by atoms with Gasteiger partial charge < -0.3 is 5.32 Å². The molecule has 0 aliphatic rings. The number of aromatic nitrogens is 1. The Bertz CT molecular complexity index is 816. The van der Waals surface area contributed by atoms with Crippen molar-refractivity contribution in [2.75, 3.05) is 11.9 Å². The summed E-state index contributed by atoms with van der Waals surface area (Å²) in [5, 5.41) is 4.58. The van der Waals surface area contributed by atoms with Crippen molar-refractivity contribution in [2.24, 2.45) is 0 Å². The third-order valence-corrected chi connectivity index (χ3v) is 5.81. The van der Waals surface area contributed by atoms with E-state index in [1.165, 1.54) is 27.1 Å². The van der Waals surface area contributed by atoms with Crippen molar-refractivity contribution >= 4 is 16.5 Å². The SMILES string of the molecule is Cc1cccc(C)c1C(C)CNc1nc(C)c(Cc2ccccc2)s1. The molecule has 0 bridgehead atoms. The molecule has 0 saturated heterocycles. The Kier molecular flexibility index (Phi) is 5.54. The maximum atomic E-state index is 4.72. The fourth-order valence-electron chi connectivity index (χ4n) is 3.40. The second-order valence-electron chi connectivity index (χ2n) is 6.78. The highest BCUT2D eigenvalue weighted by Gasteiger charge is 2.13. The molecule has 0 spiro atoms. The molecule has 1 N–H and O–H groups in total. The van der Waals surface area contributed by atoms with E-state index in [-0.39, 0.29) is 0 Å². The highest BCUT2D eigenvalue weighted by Crippen LogP contribution is 2.27. The van der Waals surface area contributed by atoms with Crippen LogP contribution in [0.15, 0.2) is 48.5 Å². The molecule has 0 aliphatic heterocycles. The molecule has 1 heterocycles. The number of nitrogens with zero attached hydrogens (tertiary/aromatic N) is 1. The fraction of sp³-hybridized carbons (Fsp3) is 0.318. The number of aryl methyl sites for hydroxylation is 3. The van der Waals surface area contributed by atoms with Crippen LogP contribution in [0.3, 0.4) is 0 Å². The summed E-state index contributed by atoms with van der Waals surface area (Å²) in [5.41, 5.74) is 6.66. The highest BCUT2D eigenvalue weighted by molar-refractivity contribution is 7.15. The standard InChI is InChI=1S/C22H26N2S/c1-15-9-8-10-16(2)21(15)17(3)14-23-22-24-18(4)20(25-22)13-19-11-6-5-7-12-19/h5-12,17H,13-14H2,1-4H3,(H,23,24). The summed E-state index contributed by atoms with van der Waals surface area (Å²) >= 11 is 1.78. The molecule has 0 saturated carbocycles. The van der Waals surface area contributed by atoms with E-state index in [2.05, 4.69) is 81.5 Å². The van der Waals surface area contributed by atoms with E-state index in [0.717, 1.165) is 23.8 Å². The number of hydrogen-bond donors (Lipinski definition) is 1. The van der Waals surface area contributed by atoms with E-state index in [1.54, 1.807) is 11.3 Å². The Balaban J connectivity index is 1.67. The van der Waals surface area contributed by atoms with Crippen LogP contribution in [0.25, 0.3) is 0 Å². The number of thiazole rings is 1. The first-order chi connectivity index (χ1) is 12.0. The molecule has 0 radical (unpaired) electrons. The van der Waals surface area contributed by atoms with Crippen LogP contribution in [0.2, 0.25) is 0 Å². The third-order valence-electron chi connectivity index (χ3n) is 4.69. The summed E-state index contributed by atoms with van der Waals surface area (Å²) in [4.78, 5) is 6.07. The van der Waals surface area contributed by atoms with Crippen molar-refractivity contribution in [3.63, 3.8) is 0 Å². The van der Waals surface area contributed by atoms with Gasteiger partial charge >= 0.3 is 0 Å². The van der Waals surface area contributed by atoms with E-state index >= 15 is 0 Å². The Morgan fingerprint density at radius 2 is 1.64 bits per heavy atom. The molecular formula is C22H26N2S. The van der Waals surface area contributed by atoms with Crippen LogP contribution in [-0.2, 0) is 6.42 Å². The quantitative estimate of drug-likeness (QED) is 0.601. The van der Waals surface area contributed by atoms with Gasteiger partial charge in [-0.05, 0) is 48.9 Å². The summed E-state index contributed by atoms with van der Waals surface area (Å²) in [6.07, 6.45) is 0.957. The van der Waals surface area contributed by atoms with Crippen LogP contribution in [0.5, 0.6) is 0 Å². The van der Waals surface area contributed by atoms with Crippen molar-refractivity contribution in [3.05, 3.63) is 81.4 Å². The van der Waals surface area contributed by atoms with E-state index < -0.39 is 0 Å². The fourth-order valence-corrected chi connectivity index (χ4v) is 4.40. The first kappa shape index (κ1) is 17.7. The van der Waals surface area contributed by atoms with Crippen LogP contribution in [0, 0.1) is 20.8 Å². The van der Waals surface area contributed by atoms with Crippen molar-refractivity contribution in [3.8, 4) is 0 Å². The molecule has 3 heteroatoms. The predicted octanol–water partition coefficient (Wildman–Crippen LogP) is 5.87. The van der Waals surface area contributed by atoms with Gasteiger partial charge in [-0.2, -0.15) is 0 Å². The Morgan fingerprint density at radius 3 is 2.32 bits per heavy atom. The van der Waals surface area contributed by atoms with Gasteiger partial charge in [-0.1, -0.05) is 55.5 Å². The van der Waals surface area contributed by atoms with Gasteiger partial charge in [0.05, 0.1) is 5.69 Å². The van der Waals surface area contributed by atoms with Crippen molar-refractivity contribution in [1.29, 1.82) is 0 Å². The third kappa shape index (κ3) is 4.29. The van der Waals surface area contributed by atoms with Crippen LogP contribution >= 0.6 is 11.3 Å². The lowest BCUT2D eigenvalue weighted by Gasteiger charge is -2.17. The second-order valence-corrected chi connectivity index (χ2v) is 7.86. The van der Waals surface area contributed by atoms with Crippen molar-refractivity contribution < 1.29 is 0 Å². The van der Waals surface area contributed by atoms with Crippen molar-refractivity contribution in [1.82, 2.24) is 4.98 Å². The van der Waals surface area contributed by atoms with Crippen LogP contribution in [0.1, 0.15) is 45.7 Å². The lowest BCUT2D eigenvalue weighted by molar-refractivity contribution is 0.789. The molecule has 0 amide bonds. The zero-order chi connectivity index (χ0) is 17.8. The summed E-state index contributed by atoms with van der Waals surface area (Å²) in [7, 11) is 0. The number of anilines is 1. The molecule has 3 aromatic rings. The summed E-state index contributed by atoms with van der Waals surface area (Å²) < 4.78 is 0. The Morgan fingerprint density at radius 1 is 0.960 bits per heavy atom. The maximum absolute atomic E-state index is 4.72. The van der Waals surface area contributed by atoms with Gasteiger partial charge in [-0.25, -0.2) is 4.98 Å². The van der Waals surface area contributed by atoms with Crippen molar-refractivity contribution in [2.45, 2.75) is 40.0 Å². The first-order valence-electron chi connectivity index (χ1n) is 8.85. The predicted molar refractivity (Wildman–Crippen MR) is 109 cm³/mol. The molecule has 1 unspecified atom stereocenters. The number of hydrogen-bond acceptors (Lipinski definition) is 3. The second kappa shape index (κ2) is 7.83. The minimum absolute atomic E-state index is 0.461. The van der Waals surface area contributed by atoms with Gasteiger partial charge in [-0.3, -0.25) is 0 Å². The summed E-state index contributed by atoms with van der Waals surface area (Å²) in [6, 6.07) is 17.1. The molecule has 1 aromatic heterocycles. The first-order valence-corrected chi connectivity index (χ1v) is 9.66. The average Bonchev–Trinajstić information content (AvgIpc) is 2.93. The number of benzene rings is 2. The van der Waals surface area contributed by atoms with Gasteiger partial charge in [0.25, 0.3) is 0 Å². The molecule has 2 nitrogen and oxygen atoms in total.